The highest BCUT2D eigenvalue weighted by Crippen LogP contribution is 2.17. The molecular weight excluding hydrogens is 300 g/mol. The highest BCUT2D eigenvalue weighted by atomic mass is 35.5. The smallest absolute Gasteiger partial charge is 0.223 e. The van der Waals surface area contributed by atoms with Gasteiger partial charge in [0.05, 0.1) is 6.61 Å². The van der Waals surface area contributed by atoms with Crippen molar-refractivity contribution >= 4 is 18.3 Å². The maximum absolute atomic E-state index is 12.3. The molecule has 1 amide bonds. The Labute approximate surface area is 140 Å². The van der Waals surface area contributed by atoms with E-state index in [4.69, 9.17) is 4.74 Å². The molecule has 1 aromatic carbocycles. The van der Waals surface area contributed by atoms with Crippen LogP contribution < -0.4 is 10.6 Å². The van der Waals surface area contributed by atoms with Crippen molar-refractivity contribution in [2.75, 3.05) is 33.4 Å². The number of benzene rings is 1. The summed E-state index contributed by atoms with van der Waals surface area (Å²) < 4.78 is 4.96. The Hall–Kier alpha value is -1.10. The van der Waals surface area contributed by atoms with E-state index in [2.05, 4.69) is 36.6 Å². The first-order chi connectivity index (χ1) is 10.1. The molecule has 0 saturated heterocycles. The predicted molar refractivity (Wildman–Crippen MR) is 93.5 cm³/mol. The van der Waals surface area contributed by atoms with Crippen LogP contribution in [0.5, 0.6) is 0 Å². The van der Waals surface area contributed by atoms with Gasteiger partial charge >= 0.3 is 0 Å². The van der Waals surface area contributed by atoms with E-state index in [0.717, 1.165) is 19.5 Å². The molecule has 126 valence electrons. The number of amides is 1. The van der Waals surface area contributed by atoms with E-state index in [1.165, 1.54) is 5.56 Å². The third kappa shape index (κ3) is 8.37. The van der Waals surface area contributed by atoms with Gasteiger partial charge in [-0.25, -0.2) is 0 Å². The van der Waals surface area contributed by atoms with Crippen LogP contribution in [-0.2, 0) is 16.0 Å². The van der Waals surface area contributed by atoms with E-state index < -0.39 is 0 Å². The fourth-order valence-electron chi connectivity index (χ4n) is 2.20. The maximum atomic E-state index is 12.3. The van der Waals surface area contributed by atoms with Crippen LogP contribution in [0.4, 0.5) is 0 Å². The van der Waals surface area contributed by atoms with Crippen molar-refractivity contribution in [1.82, 2.24) is 10.6 Å². The third-order valence-electron chi connectivity index (χ3n) is 3.52. The van der Waals surface area contributed by atoms with Crippen molar-refractivity contribution in [3.63, 3.8) is 0 Å². The van der Waals surface area contributed by atoms with Crippen LogP contribution in [0.1, 0.15) is 19.4 Å². The number of rotatable bonds is 10. The average molecular weight is 329 g/mol. The Morgan fingerprint density at radius 2 is 1.82 bits per heavy atom. The van der Waals surface area contributed by atoms with Gasteiger partial charge < -0.3 is 15.4 Å². The summed E-state index contributed by atoms with van der Waals surface area (Å²) in [5.74, 6) is 0.487. The summed E-state index contributed by atoms with van der Waals surface area (Å²) in [5, 5.41) is 6.24. The molecular formula is C17H29ClN2O2. The SMILES string of the molecule is COCCNCCNC(=O)C(Cc1ccccc1)C(C)C.Cl. The van der Waals surface area contributed by atoms with Crippen molar-refractivity contribution in [3.05, 3.63) is 35.9 Å². The monoisotopic (exact) mass is 328 g/mol. The molecule has 0 bridgehead atoms. The van der Waals surface area contributed by atoms with Gasteiger partial charge in [0.1, 0.15) is 0 Å². The number of nitrogens with one attached hydrogen (secondary N) is 2. The van der Waals surface area contributed by atoms with Crippen molar-refractivity contribution in [2.24, 2.45) is 11.8 Å². The summed E-state index contributed by atoms with van der Waals surface area (Å²) in [7, 11) is 1.68. The van der Waals surface area contributed by atoms with Gasteiger partial charge in [-0.1, -0.05) is 44.2 Å². The van der Waals surface area contributed by atoms with Gasteiger partial charge in [-0.15, -0.1) is 12.4 Å². The molecule has 0 spiro atoms. The van der Waals surface area contributed by atoms with Gasteiger partial charge in [-0.05, 0) is 17.9 Å². The van der Waals surface area contributed by atoms with Gasteiger partial charge in [-0.3, -0.25) is 4.79 Å². The van der Waals surface area contributed by atoms with E-state index in [0.29, 0.717) is 19.1 Å². The molecule has 0 heterocycles. The van der Waals surface area contributed by atoms with Crippen molar-refractivity contribution in [2.45, 2.75) is 20.3 Å². The predicted octanol–water partition coefficient (Wildman–Crippen LogP) is 2.28. The first kappa shape index (κ1) is 20.9. The average Bonchev–Trinajstić information content (AvgIpc) is 2.49. The van der Waals surface area contributed by atoms with Crippen LogP contribution in [0.15, 0.2) is 30.3 Å². The number of hydrogen-bond donors (Lipinski definition) is 2. The lowest BCUT2D eigenvalue weighted by atomic mass is 9.88. The third-order valence-corrected chi connectivity index (χ3v) is 3.52. The fraction of sp³-hybridized carbons (Fsp3) is 0.588. The van der Waals surface area contributed by atoms with Crippen LogP contribution in [0.2, 0.25) is 0 Å². The summed E-state index contributed by atoms with van der Waals surface area (Å²) in [4.78, 5) is 12.3. The highest BCUT2D eigenvalue weighted by Gasteiger charge is 2.21. The lowest BCUT2D eigenvalue weighted by Crippen LogP contribution is -2.39. The molecule has 0 fully saturated rings. The van der Waals surface area contributed by atoms with Crippen molar-refractivity contribution in [1.29, 1.82) is 0 Å². The molecule has 0 saturated carbocycles. The largest absolute Gasteiger partial charge is 0.383 e. The molecule has 0 aliphatic carbocycles. The zero-order chi connectivity index (χ0) is 15.5. The first-order valence-electron chi connectivity index (χ1n) is 7.66. The molecule has 1 rings (SSSR count). The number of methoxy groups -OCH3 is 1. The Bertz CT molecular complexity index is 399. The highest BCUT2D eigenvalue weighted by molar-refractivity contribution is 5.85. The summed E-state index contributed by atoms with van der Waals surface area (Å²) in [6, 6.07) is 10.2. The molecule has 1 aromatic rings. The van der Waals surface area contributed by atoms with Gasteiger partial charge in [0.25, 0.3) is 0 Å². The van der Waals surface area contributed by atoms with Crippen LogP contribution in [0.3, 0.4) is 0 Å². The Morgan fingerprint density at radius 1 is 1.14 bits per heavy atom. The van der Waals surface area contributed by atoms with Crippen LogP contribution in [-0.4, -0.2) is 39.3 Å². The summed E-state index contributed by atoms with van der Waals surface area (Å²) >= 11 is 0. The Morgan fingerprint density at radius 3 is 2.41 bits per heavy atom. The van der Waals surface area contributed by atoms with E-state index in [9.17, 15) is 4.79 Å². The zero-order valence-corrected chi connectivity index (χ0v) is 14.6. The first-order valence-corrected chi connectivity index (χ1v) is 7.66. The molecule has 0 aliphatic heterocycles. The zero-order valence-electron chi connectivity index (χ0n) is 13.8. The van der Waals surface area contributed by atoms with E-state index in [1.54, 1.807) is 7.11 Å². The topological polar surface area (TPSA) is 50.4 Å². The van der Waals surface area contributed by atoms with E-state index in [-0.39, 0.29) is 24.2 Å². The lowest BCUT2D eigenvalue weighted by molar-refractivity contribution is -0.126. The molecule has 0 aromatic heterocycles. The maximum Gasteiger partial charge on any atom is 0.223 e. The van der Waals surface area contributed by atoms with E-state index >= 15 is 0 Å². The molecule has 2 N–H and O–H groups in total. The summed E-state index contributed by atoms with van der Waals surface area (Å²) in [6.07, 6.45) is 0.793. The lowest BCUT2D eigenvalue weighted by Gasteiger charge is -2.20. The molecule has 4 nitrogen and oxygen atoms in total. The van der Waals surface area contributed by atoms with Crippen LogP contribution in [0, 0.1) is 11.8 Å². The summed E-state index contributed by atoms with van der Waals surface area (Å²) in [6.45, 7) is 7.13. The molecule has 0 aliphatic rings. The standard InChI is InChI=1S/C17H28N2O2.ClH/c1-14(2)16(13-15-7-5-4-6-8-15)17(20)19-10-9-18-11-12-21-3;/h4-8,14,16,18H,9-13H2,1-3H3,(H,19,20);1H. The second kappa shape index (κ2) is 12.4. The second-order valence-electron chi connectivity index (χ2n) is 5.57. The molecule has 5 heteroatoms. The van der Waals surface area contributed by atoms with Gasteiger partial charge in [0.2, 0.25) is 5.91 Å². The number of halogens is 1. The quantitative estimate of drug-likeness (QED) is 0.648. The molecule has 0 radical (unpaired) electrons. The second-order valence-corrected chi connectivity index (χ2v) is 5.57. The molecule has 22 heavy (non-hydrogen) atoms. The minimum atomic E-state index is 0. The Balaban J connectivity index is 0.00000441. The van der Waals surface area contributed by atoms with Crippen LogP contribution in [0.25, 0.3) is 0 Å². The summed E-state index contributed by atoms with van der Waals surface area (Å²) in [5.41, 5.74) is 1.21. The minimum Gasteiger partial charge on any atom is -0.383 e. The molecule has 1 unspecified atom stereocenters. The molecule has 1 atom stereocenters. The van der Waals surface area contributed by atoms with Gasteiger partial charge in [0.15, 0.2) is 0 Å². The number of carbonyl (C=O) groups excluding carboxylic acids is 1. The number of ether oxygens (including phenoxy) is 1. The fourth-order valence-corrected chi connectivity index (χ4v) is 2.20. The number of carbonyl (C=O) groups is 1. The van der Waals surface area contributed by atoms with Crippen LogP contribution >= 0.6 is 12.4 Å². The number of hydrogen-bond acceptors (Lipinski definition) is 3. The minimum absolute atomic E-state index is 0. The van der Waals surface area contributed by atoms with Crippen molar-refractivity contribution in [3.8, 4) is 0 Å². The normalized spacial score (nSPS) is 11.8. The van der Waals surface area contributed by atoms with E-state index in [1.807, 2.05) is 18.2 Å². The van der Waals surface area contributed by atoms with Gasteiger partial charge in [-0.2, -0.15) is 0 Å². The van der Waals surface area contributed by atoms with Crippen molar-refractivity contribution < 1.29 is 9.53 Å². The van der Waals surface area contributed by atoms with Gasteiger partial charge in [0, 0.05) is 32.7 Å². The Kier molecular flexibility index (Phi) is 11.8.